The third-order valence-corrected chi connectivity index (χ3v) is 4.22. The summed E-state index contributed by atoms with van der Waals surface area (Å²) in [6.45, 7) is 2.06. The highest BCUT2D eigenvalue weighted by Gasteiger charge is 2.24. The molecule has 0 amide bonds. The molecule has 3 rings (SSSR count). The smallest absolute Gasteiger partial charge is 0.0862 e. The van der Waals surface area contributed by atoms with Crippen molar-refractivity contribution in [2.24, 2.45) is 0 Å². The molecule has 1 nitrogen and oxygen atoms in total. The molecule has 1 unspecified atom stereocenters. The van der Waals surface area contributed by atoms with Crippen molar-refractivity contribution in [2.75, 3.05) is 0 Å². The Kier molecular flexibility index (Phi) is 1.80. The fraction of sp³-hybridized carbons (Fsp3) is 0.0769. The van der Waals surface area contributed by atoms with Crippen molar-refractivity contribution in [2.45, 2.75) is 16.7 Å². The van der Waals surface area contributed by atoms with Gasteiger partial charge in [0.15, 0.2) is 0 Å². The Hall–Kier alpha value is -1.41. The normalized spacial score (nSPS) is 17.3. The molecule has 0 N–H and O–H groups in total. The molecule has 1 atom stereocenters. The molecular weight excluding hydrogens is 204 g/mol. The van der Waals surface area contributed by atoms with Gasteiger partial charge in [0.1, 0.15) is 0 Å². The first-order chi connectivity index (χ1) is 7.27. The van der Waals surface area contributed by atoms with E-state index in [1.165, 1.54) is 5.56 Å². The van der Waals surface area contributed by atoms with Crippen LogP contribution in [0.1, 0.15) is 5.56 Å². The molecule has 0 bridgehead atoms. The molecule has 1 heterocycles. The Morgan fingerprint density at radius 3 is 2.53 bits per heavy atom. The lowest BCUT2D eigenvalue weighted by Gasteiger charge is -1.99. The number of hydrogen-bond acceptors (Lipinski definition) is 1. The number of benzene rings is 2. The third kappa shape index (κ3) is 1.18. The fourth-order valence-corrected chi connectivity index (χ4v) is 3.36. The summed E-state index contributed by atoms with van der Waals surface area (Å²) in [5.74, 6) is 0. The predicted molar refractivity (Wildman–Crippen MR) is 61.3 cm³/mol. The molecule has 1 aliphatic heterocycles. The molecule has 0 fully saturated rings. The minimum atomic E-state index is -0.981. The largest absolute Gasteiger partial charge is 0.249 e. The highest BCUT2D eigenvalue weighted by molar-refractivity contribution is 7.85. The topological polar surface area (TPSA) is 17.1 Å². The molecule has 0 radical (unpaired) electrons. The minimum absolute atomic E-state index is 0.943. The molecule has 1 aliphatic rings. The van der Waals surface area contributed by atoms with Gasteiger partial charge in [0.2, 0.25) is 0 Å². The van der Waals surface area contributed by atoms with Gasteiger partial charge in [-0.05, 0) is 30.2 Å². The molecule has 15 heavy (non-hydrogen) atoms. The summed E-state index contributed by atoms with van der Waals surface area (Å²) in [6, 6.07) is 14.0. The lowest BCUT2D eigenvalue weighted by Crippen LogP contribution is -1.85. The quantitative estimate of drug-likeness (QED) is 0.562. The first kappa shape index (κ1) is 8.86. The van der Waals surface area contributed by atoms with E-state index in [-0.39, 0.29) is 0 Å². The summed E-state index contributed by atoms with van der Waals surface area (Å²) >= 11 is 0. The van der Waals surface area contributed by atoms with Crippen molar-refractivity contribution in [1.29, 1.82) is 0 Å². The van der Waals surface area contributed by atoms with E-state index in [0.717, 1.165) is 20.9 Å². The van der Waals surface area contributed by atoms with Gasteiger partial charge in [-0.25, -0.2) is 4.21 Å². The minimum Gasteiger partial charge on any atom is -0.249 e. The van der Waals surface area contributed by atoms with Gasteiger partial charge in [-0.1, -0.05) is 35.9 Å². The third-order valence-electron chi connectivity index (χ3n) is 2.71. The SMILES string of the molecule is Cc1ccc2c(c1)-c1ccccc1S2=O. The Labute approximate surface area is 91.2 Å². The highest BCUT2D eigenvalue weighted by atomic mass is 32.2. The summed E-state index contributed by atoms with van der Waals surface area (Å²) in [4.78, 5) is 1.89. The number of aryl methyl sites for hydroxylation is 1. The molecule has 74 valence electrons. The number of rotatable bonds is 0. The van der Waals surface area contributed by atoms with Gasteiger partial charge in [0, 0.05) is 0 Å². The number of fused-ring (bicyclic) bond motifs is 3. The fourth-order valence-electron chi connectivity index (χ4n) is 1.99. The Bertz CT molecular complexity index is 572. The summed E-state index contributed by atoms with van der Waals surface area (Å²) in [5.41, 5.74) is 3.46. The molecule has 0 aliphatic carbocycles. The van der Waals surface area contributed by atoms with E-state index in [9.17, 15) is 4.21 Å². The van der Waals surface area contributed by atoms with Crippen LogP contribution in [0.15, 0.2) is 52.3 Å². The molecule has 2 aromatic rings. The van der Waals surface area contributed by atoms with E-state index in [0.29, 0.717) is 0 Å². The van der Waals surface area contributed by atoms with E-state index in [2.05, 4.69) is 13.0 Å². The van der Waals surface area contributed by atoms with Gasteiger partial charge in [0.25, 0.3) is 0 Å². The Morgan fingerprint density at radius 2 is 1.67 bits per heavy atom. The van der Waals surface area contributed by atoms with Crippen LogP contribution < -0.4 is 0 Å². The summed E-state index contributed by atoms with van der Waals surface area (Å²) in [6.07, 6.45) is 0. The van der Waals surface area contributed by atoms with Gasteiger partial charge < -0.3 is 0 Å². The van der Waals surface area contributed by atoms with E-state index >= 15 is 0 Å². The second kappa shape index (κ2) is 3.04. The standard InChI is InChI=1S/C13H10OS/c1-9-6-7-13-11(8-9)10-4-2-3-5-12(10)15(13)14/h2-8H,1H3. The average molecular weight is 214 g/mol. The van der Waals surface area contributed by atoms with Crippen molar-refractivity contribution in [1.82, 2.24) is 0 Å². The molecule has 0 saturated carbocycles. The summed E-state index contributed by atoms with van der Waals surface area (Å²) < 4.78 is 12.1. The van der Waals surface area contributed by atoms with Gasteiger partial charge in [-0.3, -0.25) is 0 Å². The van der Waals surface area contributed by atoms with E-state index < -0.39 is 10.8 Å². The van der Waals surface area contributed by atoms with Crippen LogP contribution in [0.5, 0.6) is 0 Å². The van der Waals surface area contributed by atoms with Crippen molar-refractivity contribution in [3.63, 3.8) is 0 Å². The van der Waals surface area contributed by atoms with Crippen LogP contribution in [0.3, 0.4) is 0 Å². The van der Waals surface area contributed by atoms with Crippen LogP contribution >= 0.6 is 0 Å². The van der Waals surface area contributed by atoms with Crippen LogP contribution in [0.4, 0.5) is 0 Å². The molecule has 2 heteroatoms. The van der Waals surface area contributed by atoms with E-state index in [1.54, 1.807) is 0 Å². The van der Waals surface area contributed by atoms with Gasteiger partial charge in [-0.15, -0.1) is 0 Å². The first-order valence-corrected chi connectivity index (χ1v) is 6.04. The van der Waals surface area contributed by atoms with Gasteiger partial charge in [0.05, 0.1) is 20.6 Å². The molecule has 0 spiro atoms. The van der Waals surface area contributed by atoms with Crippen molar-refractivity contribution in [3.05, 3.63) is 48.0 Å². The predicted octanol–water partition coefficient (Wildman–Crippen LogP) is 3.14. The maximum atomic E-state index is 12.1. The molecule has 0 saturated heterocycles. The zero-order valence-electron chi connectivity index (χ0n) is 8.36. The number of hydrogen-bond donors (Lipinski definition) is 0. The second-order valence-corrected chi connectivity index (χ2v) is 5.18. The van der Waals surface area contributed by atoms with Crippen LogP contribution in [-0.2, 0) is 10.8 Å². The Balaban J connectivity index is 2.39. The molecule has 0 aromatic heterocycles. The summed E-state index contributed by atoms with van der Waals surface area (Å²) in [5, 5.41) is 0. The Morgan fingerprint density at radius 1 is 0.933 bits per heavy atom. The van der Waals surface area contributed by atoms with Crippen LogP contribution in [0.25, 0.3) is 11.1 Å². The van der Waals surface area contributed by atoms with Crippen LogP contribution in [0, 0.1) is 6.92 Å². The average Bonchev–Trinajstić information content (AvgIpc) is 2.54. The van der Waals surface area contributed by atoms with Gasteiger partial charge in [-0.2, -0.15) is 0 Å². The van der Waals surface area contributed by atoms with Crippen molar-refractivity contribution in [3.8, 4) is 11.1 Å². The lowest BCUT2D eigenvalue weighted by molar-refractivity contribution is 0.685. The van der Waals surface area contributed by atoms with Gasteiger partial charge >= 0.3 is 0 Å². The van der Waals surface area contributed by atoms with Crippen molar-refractivity contribution < 1.29 is 4.21 Å². The zero-order valence-corrected chi connectivity index (χ0v) is 9.17. The monoisotopic (exact) mass is 214 g/mol. The zero-order chi connectivity index (χ0) is 10.4. The summed E-state index contributed by atoms with van der Waals surface area (Å²) in [7, 11) is -0.981. The van der Waals surface area contributed by atoms with E-state index in [4.69, 9.17) is 0 Å². The highest BCUT2D eigenvalue weighted by Crippen LogP contribution is 2.40. The van der Waals surface area contributed by atoms with Crippen LogP contribution in [-0.4, -0.2) is 4.21 Å². The van der Waals surface area contributed by atoms with Crippen molar-refractivity contribution >= 4 is 10.8 Å². The molecular formula is C13H10OS. The lowest BCUT2D eigenvalue weighted by atomic mass is 10.0. The maximum absolute atomic E-state index is 12.1. The molecule has 2 aromatic carbocycles. The van der Waals surface area contributed by atoms with Crippen LogP contribution in [0.2, 0.25) is 0 Å². The second-order valence-electron chi connectivity index (χ2n) is 3.76. The van der Waals surface area contributed by atoms with E-state index in [1.807, 2.05) is 36.4 Å². The first-order valence-electron chi connectivity index (χ1n) is 4.89. The maximum Gasteiger partial charge on any atom is 0.0862 e.